The van der Waals surface area contributed by atoms with Gasteiger partial charge in [0.25, 0.3) is 0 Å². The summed E-state index contributed by atoms with van der Waals surface area (Å²) in [4.78, 5) is 27.7. The second kappa shape index (κ2) is 9.41. The normalized spacial score (nSPS) is 11.7. The number of alkyl halides is 3. The first kappa shape index (κ1) is 24.2. The van der Waals surface area contributed by atoms with Crippen molar-refractivity contribution in [1.82, 2.24) is 4.90 Å². The Labute approximate surface area is 180 Å². The SMILES string of the molecule is CCN(CC(=O)N(C)c1cccc(-c2ccc(C(F)(F)F)cc2)c1)C(=O)OC(C)(C)C. The number of amides is 2. The molecule has 2 aromatic carbocycles. The highest BCUT2D eigenvalue weighted by molar-refractivity contribution is 5.96. The number of halogens is 3. The van der Waals surface area contributed by atoms with E-state index in [4.69, 9.17) is 4.74 Å². The summed E-state index contributed by atoms with van der Waals surface area (Å²) in [5.74, 6) is -0.322. The molecule has 0 N–H and O–H groups in total. The standard InChI is InChI=1S/C23H27F3N2O3/c1-6-28(21(30)31-22(2,3)4)15-20(29)27(5)19-9-7-8-17(14-19)16-10-12-18(13-11-16)23(24,25)26/h7-14H,6,15H2,1-5H3. The molecule has 2 amide bonds. The first-order valence-electron chi connectivity index (χ1n) is 9.84. The van der Waals surface area contributed by atoms with Crippen molar-refractivity contribution in [3.8, 4) is 11.1 Å². The van der Waals surface area contributed by atoms with Crippen LogP contribution in [-0.2, 0) is 15.7 Å². The zero-order chi connectivity index (χ0) is 23.4. The Morgan fingerprint density at radius 1 is 0.968 bits per heavy atom. The molecular weight excluding hydrogens is 409 g/mol. The van der Waals surface area contributed by atoms with Crippen LogP contribution in [0.1, 0.15) is 33.3 Å². The van der Waals surface area contributed by atoms with Crippen LogP contribution < -0.4 is 4.90 Å². The van der Waals surface area contributed by atoms with Gasteiger partial charge in [-0.15, -0.1) is 0 Å². The Kier molecular flexibility index (Phi) is 7.36. The molecule has 2 rings (SSSR count). The molecule has 0 aliphatic carbocycles. The van der Waals surface area contributed by atoms with Crippen LogP contribution in [0.25, 0.3) is 11.1 Å². The van der Waals surface area contributed by atoms with E-state index in [1.54, 1.807) is 59.0 Å². The Morgan fingerprint density at radius 3 is 2.10 bits per heavy atom. The van der Waals surface area contributed by atoms with Crippen molar-refractivity contribution in [2.75, 3.05) is 25.0 Å². The summed E-state index contributed by atoms with van der Waals surface area (Å²) < 4.78 is 43.7. The van der Waals surface area contributed by atoms with Gasteiger partial charge < -0.3 is 9.64 Å². The van der Waals surface area contributed by atoms with E-state index in [9.17, 15) is 22.8 Å². The summed E-state index contributed by atoms with van der Waals surface area (Å²) in [6.45, 7) is 7.15. The number of likely N-dealkylation sites (N-methyl/N-ethyl adjacent to an activating group) is 2. The molecule has 0 aliphatic heterocycles. The monoisotopic (exact) mass is 436 g/mol. The Bertz CT molecular complexity index is 919. The van der Waals surface area contributed by atoms with Gasteiger partial charge in [0.1, 0.15) is 12.1 Å². The average molecular weight is 436 g/mol. The molecule has 0 unspecified atom stereocenters. The van der Waals surface area contributed by atoms with Crippen LogP contribution in [0.4, 0.5) is 23.7 Å². The predicted octanol–water partition coefficient (Wildman–Crippen LogP) is 5.59. The number of hydrogen-bond acceptors (Lipinski definition) is 3. The summed E-state index contributed by atoms with van der Waals surface area (Å²) in [6.07, 6.45) is -4.97. The number of anilines is 1. The lowest BCUT2D eigenvalue weighted by Gasteiger charge is -2.27. The number of carbonyl (C=O) groups excluding carboxylic acids is 2. The van der Waals surface area contributed by atoms with Crippen LogP contribution in [-0.4, -0.2) is 42.6 Å². The number of carbonyl (C=O) groups is 2. The van der Waals surface area contributed by atoms with Crippen molar-refractivity contribution in [3.05, 3.63) is 54.1 Å². The molecule has 5 nitrogen and oxygen atoms in total. The van der Waals surface area contributed by atoms with E-state index in [2.05, 4.69) is 0 Å². The number of ether oxygens (including phenoxy) is 1. The molecule has 0 spiro atoms. The van der Waals surface area contributed by atoms with Gasteiger partial charge in [0.05, 0.1) is 5.56 Å². The molecule has 2 aromatic rings. The van der Waals surface area contributed by atoms with E-state index in [0.717, 1.165) is 12.1 Å². The fourth-order valence-corrected chi connectivity index (χ4v) is 2.79. The van der Waals surface area contributed by atoms with E-state index in [1.807, 2.05) is 0 Å². The van der Waals surface area contributed by atoms with Crippen LogP contribution in [0.2, 0.25) is 0 Å². The van der Waals surface area contributed by atoms with Crippen LogP contribution in [0, 0.1) is 0 Å². The number of rotatable bonds is 5. The Hall–Kier alpha value is -3.03. The number of benzene rings is 2. The zero-order valence-corrected chi connectivity index (χ0v) is 18.3. The minimum absolute atomic E-state index is 0.160. The molecule has 31 heavy (non-hydrogen) atoms. The predicted molar refractivity (Wildman–Crippen MR) is 114 cm³/mol. The van der Waals surface area contributed by atoms with Gasteiger partial charge in [-0.1, -0.05) is 24.3 Å². The minimum Gasteiger partial charge on any atom is -0.444 e. The van der Waals surface area contributed by atoms with Crippen molar-refractivity contribution in [2.45, 2.75) is 39.5 Å². The second-order valence-electron chi connectivity index (χ2n) is 8.07. The molecule has 0 aliphatic rings. The highest BCUT2D eigenvalue weighted by Crippen LogP contribution is 2.31. The topological polar surface area (TPSA) is 49.9 Å². The highest BCUT2D eigenvalue weighted by atomic mass is 19.4. The molecule has 0 radical (unpaired) electrons. The average Bonchev–Trinajstić information content (AvgIpc) is 2.69. The summed E-state index contributed by atoms with van der Waals surface area (Å²) in [5.41, 5.74) is 0.435. The lowest BCUT2D eigenvalue weighted by atomic mass is 10.0. The van der Waals surface area contributed by atoms with E-state index in [0.29, 0.717) is 23.4 Å². The first-order chi connectivity index (χ1) is 14.3. The summed E-state index contributed by atoms with van der Waals surface area (Å²) in [7, 11) is 1.58. The lowest BCUT2D eigenvalue weighted by molar-refractivity contribution is -0.137. The molecule has 0 saturated carbocycles. The largest absolute Gasteiger partial charge is 0.444 e. The highest BCUT2D eigenvalue weighted by Gasteiger charge is 2.30. The van der Waals surface area contributed by atoms with Crippen LogP contribution in [0.15, 0.2) is 48.5 Å². The third-order valence-corrected chi connectivity index (χ3v) is 4.51. The molecule has 0 saturated heterocycles. The quantitative estimate of drug-likeness (QED) is 0.614. The van der Waals surface area contributed by atoms with E-state index >= 15 is 0 Å². The molecule has 0 bridgehead atoms. The van der Waals surface area contributed by atoms with Crippen molar-refractivity contribution >= 4 is 17.7 Å². The van der Waals surface area contributed by atoms with E-state index in [-0.39, 0.29) is 12.5 Å². The fourth-order valence-electron chi connectivity index (χ4n) is 2.79. The molecule has 0 atom stereocenters. The molecule has 168 valence electrons. The fraction of sp³-hybridized carbons (Fsp3) is 0.391. The van der Waals surface area contributed by atoms with Crippen molar-refractivity contribution in [1.29, 1.82) is 0 Å². The van der Waals surface area contributed by atoms with Crippen molar-refractivity contribution < 1.29 is 27.5 Å². The Balaban J connectivity index is 2.16. The molecule has 0 heterocycles. The van der Waals surface area contributed by atoms with Gasteiger partial charge in [0, 0.05) is 19.3 Å². The third kappa shape index (κ3) is 6.73. The Morgan fingerprint density at radius 2 is 1.58 bits per heavy atom. The lowest BCUT2D eigenvalue weighted by Crippen LogP contribution is -2.43. The van der Waals surface area contributed by atoms with Crippen LogP contribution >= 0.6 is 0 Å². The third-order valence-electron chi connectivity index (χ3n) is 4.51. The number of nitrogens with zero attached hydrogens (tertiary/aromatic N) is 2. The van der Waals surface area contributed by atoms with Crippen LogP contribution in [0.5, 0.6) is 0 Å². The molecular formula is C23H27F3N2O3. The van der Waals surface area contributed by atoms with Crippen LogP contribution in [0.3, 0.4) is 0 Å². The summed E-state index contributed by atoms with van der Waals surface area (Å²) in [6, 6.07) is 11.7. The van der Waals surface area contributed by atoms with Gasteiger partial charge in [-0.3, -0.25) is 9.69 Å². The zero-order valence-electron chi connectivity index (χ0n) is 18.3. The van der Waals surface area contributed by atoms with Gasteiger partial charge in [-0.25, -0.2) is 4.79 Å². The summed E-state index contributed by atoms with van der Waals surface area (Å²) >= 11 is 0. The second-order valence-corrected chi connectivity index (χ2v) is 8.07. The van der Waals surface area contributed by atoms with E-state index < -0.39 is 23.4 Å². The van der Waals surface area contributed by atoms with Gasteiger partial charge in [0.2, 0.25) is 5.91 Å². The molecule has 8 heteroatoms. The van der Waals surface area contributed by atoms with Gasteiger partial charge in [-0.2, -0.15) is 13.2 Å². The maximum Gasteiger partial charge on any atom is 0.416 e. The van der Waals surface area contributed by atoms with Gasteiger partial charge in [-0.05, 0) is 63.1 Å². The minimum atomic E-state index is -4.40. The van der Waals surface area contributed by atoms with E-state index in [1.165, 1.54) is 21.9 Å². The van der Waals surface area contributed by atoms with Gasteiger partial charge >= 0.3 is 12.3 Å². The maximum absolute atomic E-state index is 12.8. The molecule has 0 fully saturated rings. The molecule has 0 aromatic heterocycles. The van der Waals surface area contributed by atoms with Crippen molar-refractivity contribution in [2.24, 2.45) is 0 Å². The smallest absolute Gasteiger partial charge is 0.416 e. The van der Waals surface area contributed by atoms with Gasteiger partial charge in [0.15, 0.2) is 0 Å². The summed E-state index contributed by atoms with van der Waals surface area (Å²) in [5, 5.41) is 0. The first-order valence-corrected chi connectivity index (χ1v) is 9.84. The maximum atomic E-state index is 12.8. The van der Waals surface area contributed by atoms with Crippen molar-refractivity contribution in [3.63, 3.8) is 0 Å². The number of hydrogen-bond donors (Lipinski definition) is 0.